The maximum atomic E-state index is 11.5. The number of hydrogen-bond acceptors (Lipinski definition) is 11. The van der Waals surface area contributed by atoms with Crippen LogP contribution in [-0.4, -0.2) is 89.1 Å². The minimum atomic E-state index is -0.359. The number of piperidine rings is 2. The zero-order valence-electron chi connectivity index (χ0n) is 33.0. The molecule has 0 unspecified atom stereocenters. The van der Waals surface area contributed by atoms with Gasteiger partial charge in [-0.05, 0) is 111 Å². The highest BCUT2D eigenvalue weighted by Crippen LogP contribution is 2.30. The van der Waals surface area contributed by atoms with Gasteiger partial charge in [-0.15, -0.1) is 10.2 Å². The molecule has 0 atom stereocenters. The summed E-state index contributed by atoms with van der Waals surface area (Å²) in [6.45, 7) is 3.54. The van der Waals surface area contributed by atoms with Crippen LogP contribution in [0, 0.1) is 0 Å². The highest BCUT2D eigenvalue weighted by molar-refractivity contribution is 9.10. The number of hydrogen-bond donors (Lipinski definition) is 4. The first kappa shape index (κ1) is 42.9. The number of esters is 1. The van der Waals surface area contributed by atoms with E-state index in [-0.39, 0.29) is 12.0 Å². The van der Waals surface area contributed by atoms with Crippen molar-refractivity contribution in [2.75, 3.05) is 60.8 Å². The molecule has 0 aliphatic carbocycles. The Hall–Kier alpha value is -5.23. The number of ether oxygens (including phenoxy) is 2. The van der Waals surface area contributed by atoms with Gasteiger partial charge in [0.05, 0.1) is 32.2 Å². The third kappa shape index (κ3) is 11.1. The minimum absolute atomic E-state index is 0.278. The van der Waals surface area contributed by atoms with Crippen LogP contribution in [0.3, 0.4) is 0 Å². The summed E-state index contributed by atoms with van der Waals surface area (Å²) in [5.74, 6) is 2.30. The summed E-state index contributed by atoms with van der Waals surface area (Å²) < 4.78 is 12.0. The number of carbonyl (C=O) groups excluding carboxylic acids is 1. The molecule has 2 aliphatic rings. The van der Waals surface area contributed by atoms with Gasteiger partial charge in [-0.25, -0.2) is 4.79 Å². The van der Waals surface area contributed by atoms with Gasteiger partial charge in [0.1, 0.15) is 5.75 Å². The summed E-state index contributed by atoms with van der Waals surface area (Å²) in [6, 6.07) is 27.7. The van der Waals surface area contributed by atoms with Crippen molar-refractivity contribution >= 4 is 117 Å². The Labute approximate surface area is 376 Å². The lowest BCUT2D eigenvalue weighted by molar-refractivity contribution is 0.0600. The van der Waals surface area contributed by atoms with E-state index in [2.05, 4.69) is 102 Å². The van der Waals surface area contributed by atoms with Crippen LogP contribution in [-0.2, 0) is 4.74 Å². The fourth-order valence-corrected chi connectivity index (χ4v) is 8.51. The molecule has 17 heteroatoms. The molecule has 0 amide bonds. The quantitative estimate of drug-likeness (QED) is 0.0855. The van der Waals surface area contributed by atoms with E-state index in [0.717, 1.165) is 111 Å². The van der Waals surface area contributed by atoms with Gasteiger partial charge >= 0.3 is 5.97 Å². The Morgan fingerprint density at radius 1 is 0.667 bits per heavy atom. The van der Waals surface area contributed by atoms with Gasteiger partial charge in [0.2, 0.25) is 0 Å². The van der Waals surface area contributed by atoms with Gasteiger partial charge < -0.3 is 40.5 Å². The number of nitrogens with zero attached hydrogens (tertiary/aromatic N) is 6. The monoisotopic (exact) mass is 970 g/mol. The third-order valence-electron chi connectivity index (χ3n) is 10.4. The molecule has 0 radical (unpaired) electrons. The van der Waals surface area contributed by atoms with Crippen LogP contribution in [0.4, 0.5) is 23.0 Å². The fraction of sp³-hybridized carbons (Fsp3) is 0.279. The lowest BCUT2D eigenvalue weighted by atomic mass is 10.0. The maximum absolute atomic E-state index is 11.5. The zero-order chi connectivity index (χ0) is 42.0. The maximum Gasteiger partial charge on any atom is 0.337 e. The Kier molecular flexibility index (Phi) is 14.5. The summed E-state index contributed by atoms with van der Waals surface area (Å²) >= 11 is 18.1. The van der Waals surface area contributed by atoms with Gasteiger partial charge in [0.15, 0.2) is 21.9 Å². The number of fused-ring (bicyclic) bond motifs is 2. The van der Waals surface area contributed by atoms with Crippen molar-refractivity contribution < 1.29 is 14.3 Å². The summed E-state index contributed by atoms with van der Waals surface area (Å²) in [5.41, 5.74) is 2.23. The van der Waals surface area contributed by atoms with E-state index in [1.54, 1.807) is 37.6 Å². The molecule has 2 aromatic heterocycles. The molecule has 0 bridgehead atoms. The number of rotatable bonds is 8. The summed E-state index contributed by atoms with van der Waals surface area (Å²) in [6.07, 6.45) is 7.44. The molecule has 13 nitrogen and oxygen atoms in total. The molecule has 0 spiro atoms. The fourth-order valence-electron chi connectivity index (χ4n) is 7.22. The van der Waals surface area contributed by atoms with E-state index in [4.69, 9.17) is 33.9 Å². The number of halogens is 2. The van der Waals surface area contributed by atoms with Crippen molar-refractivity contribution in [2.24, 2.45) is 0 Å². The Morgan fingerprint density at radius 3 is 1.65 bits per heavy atom. The number of nitrogens with one attached hydrogen (secondary N) is 4. The highest BCUT2D eigenvalue weighted by atomic mass is 79.9. The SMILES string of the molecule is COC(=O)c1ccc(NC(=S)NC2CCN(c3nncc4ccc(Br)cc34)CC2)cc1.COc1cccc(NC(=S)NC2CCN(c3nncc4ccc(Br)cc34)CC2)c1. The van der Waals surface area contributed by atoms with Gasteiger partial charge in [-0.2, -0.15) is 10.2 Å². The minimum Gasteiger partial charge on any atom is -0.497 e. The number of methoxy groups -OCH3 is 2. The number of benzene rings is 4. The van der Waals surface area contributed by atoms with Crippen molar-refractivity contribution in [3.63, 3.8) is 0 Å². The second kappa shape index (κ2) is 20.4. The van der Waals surface area contributed by atoms with Crippen molar-refractivity contribution in [3.05, 3.63) is 112 Å². The molecule has 0 saturated carbocycles. The molecule has 4 aromatic carbocycles. The van der Waals surface area contributed by atoms with Crippen molar-refractivity contribution in [3.8, 4) is 5.75 Å². The van der Waals surface area contributed by atoms with E-state index in [9.17, 15) is 4.79 Å². The van der Waals surface area contributed by atoms with E-state index < -0.39 is 0 Å². The number of aromatic nitrogens is 4. The highest BCUT2D eigenvalue weighted by Gasteiger charge is 2.24. The van der Waals surface area contributed by atoms with Gasteiger partial charge in [0.25, 0.3) is 0 Å². The predicted molar refractivity (Wildman–Crippen MR) is 254 cm³/mol. The Balaban J connectivity index is 0.000000182. The van der Waals surface area contributed by atoms with Crippen LogP contribution in [0.1, 0.15) is 36.0 Å². The van der Waals surface area contributed by atoms with Gasteiger partial charge in [-0.1, -0.05) is 50.1 Å². The molecule has 4 N–H and O–H groups in total. The van der Waals surface area contributed by atoms with Crippen LogP contribution in [0.2, 0.25) is 0 Å². The summed E-state index contributed by atoms with van der Waals surface area (Å²) in [4.78, 5) is 16.1. The first-order valence-electron chi connectivity index (χ1n) is 19.4. The zero-order valence-corrected chi connectivity index (χ0v) is 37.8. The lowest BCUT2D eigenvalue weighted by Gasteiger charge is -2.34. The number of carbonyl (C=O) groups is 1. The van der Waals surface area contributed by atoms with E-state index >= 15 is 0 Å². The topological polar surface area (TPSA) is 142 Å². The smallest absolute Gasteiger partial charge is 0.337 e. The van der Waals surface area contributed by atoms with E-state index in [1.807, 2.05) is 48.7 Å². The Bertz CT molecular complexity index is 2470. The predicted octanol–water partition coefficient (Wildman–Crippen LogP) is 8.49. The number of thiocarbonyl (C=S) groups is 2. The summed E-state index contributed by atoms with van der Waals surface area (Å²) in [7, 11) is 3.02. The third-order valence-corrected chi connectivity index (χ3v) is 11.8. The normalized spacial score (nSPS) is 14.5. The molecular weight excluding hydrogens is 928 g/mol. The molecule has 310 valence electrons. The van der Waals surface area contributed by atoms with Crippen LogP contribution < -0.4 is 35.8 Å². The lowest BCUT2D eigenvalue weighted by Crippen LogP contribution is -2.46. The van der Waals surface area contributed by atoms with Crippen LogP contribution in [0.5, 0.6) is 5.75 Å². The second-order valence-electron chi connectivity index (χ2n) is 14.3. The van der Waals surface area contributed by atoms with Crippen molar-refractivity contribution in [1.82, 2.24) is 31.0 Å². The molecule has 2 fully saturated rings. The summed E-state index contributed by atoms with van der Waals surface area (Å²) in [5, 5.41) is 36.0. The molecule has 60 heavy (non-hydrogen) atoms. The number of anilines is 4. The van der Waals surface area contributed by atoms with Crippen LogP contribution >= 0.6 is 56.3 Å². The average Bonchev–Trinajstić information content (AvgIpc) is 3.26. The molecule has 6 aromatic rings. The van der Waals surface area contributed by atoms with E-state index in [0.29, 0.717) is 21.8 Å². The van der Waals surface area contributed by atoms with E-state index in [1.165, 1.54) is 7.11 Å². The molecule has 2 aliphatic heterocycles. The second-order valence-corrected chi connectivity index (χ2v) is 17.0. The standard InChI is InChI=1S/C22H22BrN5O2S.C21H22BrN5OS/c1-30-21(29)14-3-6-17(7-4-14)25-22(31)26-18-8-10-28(11-9-18)20-19-12-16(23)5-2-15(19)13-24-27-20;1-28-18-4-2-3-17(12-18)25-21(29)24-16-7-9-27(10-8-16)20-19-11-15(22)6-5-14(19)13-23-26-20/h2-7,12-13,18H,8-11H2,1H3,(H2,25,26,31);2-6,11-13,16H,7-10H2,1H3,(H2,24,25,29). The van der Waals surface area contributed by atoms with Gasteiger partial charge in [0, 0.05) is 86.2 Å². The van der Waals surface area contributed by atoms with Crippen LogP contribution in [0.25, 0.3) is 21.5 Å². The van der Waals surface area contributed by atoms with Gasteiger partial charge in [-0.3, -0.25) is 0 Å². The van der Waals surface area contributed by atoms with Crippen molar-refractivity contribution in [1.29, 1.82) is 0 Å². The largest absolute Gasteiger partial charge is 0.497 e. The molecule has 8 rings (SSSR count). The average molecular weight is 973 g/mol. The first-order valence-corrected chi connectivity index (χ1v) is 21.8. The molecule has 2 saturated heterocycles. The molecule has 4 heterocycles. The first-order chi connectivity index (χ1) is 29.1. The van der Waals surface area contributed by atoms with Crippen molar-refractivity contribution in [2.45, 2.75) is 37.8 Å². The Morgan fingerprint density at radius 2 is 1.17 bits per heavy atom. The van der Waals surface area contributed by atoms with Crippen LogP contribution in [0.15, 0.2) is 106 Å². The molecular formula is C43H44Br2N10O3S2.